The molecule has 0 radical (unpaired) electrons. The van der Waals surface area contributed by atoms with Crippen molar-refractivity contribution in [1.29, 1.82) is 0 Å². The van der Waals surface area contributed by atoms with E-state index in [1.807, 2.05) is 60.7 Å². The summed E-state index contributed by atoms with van der Waals surface area (Å²) >= 11 is 3.18. The Labute approximate surface area is 475 Å². The standard InChI is InChI=1S/C69H50N6O4S2/c1-76-53-31-35-61-57(39-53)58-40-54(77-2)32-36-62(58)74(61)51-27-23-49(24-28-51)69(47-19-15-45(16-20-47)67-72-70-65(80-67)43-11-7-5-8-12-43,48-21-17-46(18-22-48)68-73-71-66(81-68)44-13-9-6-10-14-44)50-25-29-52(30-26-50)75-63-37-33-55(78-3)41-59(63)60-42-56(79-4)34-38-64(60)75/h5-42H,1-4H3. The molecule has 12 heteroatoms. The van der Waals surface area contributed by atoms with Crippen LogP contribution in [0, 0.1) is 0 Å². The maximum Gasteiger partial charge on any atom is 0.148 e. The smallest absolute Gasteiger partial charge is 0.148 e. The van der Waals surface area contributed by atoms with Gasteiger partial charge in [-0.25, -0.2) is 0 Å². The Balaban J connectivity index is 0.975. The number of methoxy groups -OCH3 is 4. The van der Waals surface area contributed by atoms with Crippen LogP contribution in [0.4, 0.5) is 0 Å². The average molecular weight is 1090 g/mol. The van der Waals surface area contributed by atoms with Gasteiger partial charge in [0.2, 0.25) is 0 Å². The maximum absolute atomic E-state index is 5.75. The van der Waals surface area contributed by atoms with E-state index in [2.05, 4.69) is 189 Å². The highest BCUT2D eigenvalue weighted by atomic mass is 32.1. The largest absolute Gasteiger partial charge is 0.497 e. The summed E-state index contributed by atoms with van der Waals surface area (Å²) in [7, 11) is 6.82. The number of hydrogen-bond acceptors (Lipinski definition) is 10. The van der Waals surface area contributed by atoms with E-state index in [1.165, 1.54) is 0 Å². The number of aromatic nitrogens is 6. The van der Waals surface area contributed by atoms with Crippen molar-refractivity contribution in [1.82, 2.24) is 29.5 Å². The molecule has 4 heterocycles. The summed E-state index contributed by atoms with van der Waals surface area (Å²) in [5.74, 6) is 3.15. The van der Waals surface area contributed by atoms with Crippen LogP contribution < -0.4 is 18.9 Å². The van der Waals surface area contributed by atoms with Gasteiger partial charge >= 0.3 is 0 Å². The zero-order chi connectivity index (χ0) is 54.6. The molecule has 14 aromatic rings. The van der Waals surface area contributed by atoms with Crippen LogP contribution in [0.25, 0.3) is 97.3 Å². The molecule has 4 aromatic heterocycles. The SMILES string of the molecule is COc1ccc2c(c1)c1cc(OC)ccc1n2-c1ccc(C(c2ccc(-c3nnc(-c4ccccc4)s3)cc2)(c2ccc(-c3nnc(-c4ccccc4)s3)cc2)c2ccc(-n3c4ccc(OC)cc4c4cc(OC)ccc43)cc2)cc1. The van der Waals surface area contributed by atoms with Gasteiger partial charge in [-0.05, 0) is 119 Å². The highest BCUT2D eigenvalue weighted by Gasteiger charge is 2.39. The van der Waals surface area contributed by atoms with E-state index in [4.69, 9.17) is 29.1 Å². The first-order valence-corrected chi connectivity index (χ1v) is 28.1. The molecule has 10 aromatic carbocycles. The molecule has 81 heavy (non-hydrogen) atoms. The number of rotatable bonds is 14. The first kappa shape index (κ1) is 49.4. The lowest BCUT2D eigenvalue weighted by Crippen LogP contribution is -2.31. The number of benzene rings is 10. The van der Waals surface area contributed by atoms with Gasteiger partial charge < -0.3 is 28.1 Å². The molecule has 392 valence electrons. The van der Waals surface area contributed by atoms with Crippen molar-refractivity contribution < 1.29 is 18.9 Å². The summed E-state index contributed by atoms with van der Waals surface area (Å²) in [6.07, 6.45) is 0. The summed E-state index contributed by atoms with van der Waals surface area (Å²) in [5.41, 5.74) is 13.7. The predicted octanol–water partition coefficient (Wildman–Crippen LogP) is 16.7. The minimum atomic E-state index is -0.871. The van der Waals surface area contributed by atoms with Gasteiger partial charge in [0.1, 0.15) is 43.0 Å². The Kier molecular flexibility index (Phi) is 12.5. The minimum Gasteiger partial charge on any atom is -0.497 e. The van der Waals surface area contributed by atoms with Crippen molar-refractivity contribution >= 4 is 66.3 Å². The molecule has 0 atom stereocenters. The quantitative estimate of drug-likeness (QED) is 0.0993. The van der Waals surface area contributed by atoms with Gasteiger partial charge in [0.15, 0.2) is 0 Å². The Morgan fingerprint density at radius 2 is 0.556 bits per heavy atom. The predicted molar refractivity (Wildman–Crippen MR) is 328 cm³/mol. The lowest BCUT2D eigenvalue weighted by Gasteiger charge is -2.37. The van der Waals surface area contributed by atoms with Crippen LogP contribution in [0.2, 0.25) is 0 Å². The summed E-state index contributed by atoms with van der Waals surface area (Å²) < 4.78 is 27.6. The van der Waals surface area contributed by atoms with E-state index < -0.39 is 5.41 Å². The third-order valence-corrected chi connectivity index (χ3v) is 17.5. The average Bonchev–Trinajstić information content (AvgIpc) is 4.49. The summed E-state index contributed by atoms with van der Waals surface area (Å²) in [6, 6.07) is 81.4. The Bertz CT molecular complexity index is 4190. The zero-order valence-electron chi connectivity index (χ0n) is 44.6. The van der Waals surface area contributed by atoms with Gasteiger partial charge in [-0.2, -0.15) is 0 Å². The maximum atomic E-state index is 5.75. The van der Waals surface area contributed by atoms with E-state index in [0.29, 0.717) is 0 Å². The lowest BCUT2D eigenvalue weighted by molar-refractivity contribution is 0.415. The van der Waals surface area contributed by atoms with Gasteiger partial charge in [-0.1, -0.05) is 156 Å². The van der Waals surface area contributed by atoms with E-state index in [9.17, 15) is 0 Å². The molecule has 0 amide bonds. The second kappa shape index (κ2) is 20.4. The van der Waals surface area contributed by atoms with Gasteiger partial charge in [0, 0.05) is 55.2 Å². The number of ether oxygens (including phenoxy) is 4. The van der Waals surface area contributed by atoms with Crippen molar-refractivity contribution in [2.45, 2.75) is 5.41 Å². The van der Waals surface area contributed by atoms with Crippen LogP contribution in [0.15, 0.2) is 231 Å². The summed E-state index contributed by atoms with van der Waals surface area (Å²) in [5, 5.41) is 26.4. The van der Waals surface area contributed by atoms with Crippen LogP contribution in [0.1, 0.15) is 22.3 Å². The van der Waals surface area contributed by atoms with Crippen molar-refractivity contribution in [2.75, 3.05) is 28.4 Å². The molecule has 0 spiro atoms. The van der Waals surface area contributed by atoms with Crippen LogP contribution in [0.3, 0.4) is 0 Å². The number of hydrogen-bond donors (Lipinski definition) is 0. The van der Waals surface area contributed by atoms with Crippen molar-refractivity contribution in [3.05, 3.63) is 253 Å². The third kappa shape index (κ3) is 8.46. The van der Waals surface area contributed by atoms with Crippen LogP contribution in [-0.4, -0.2) is 58.0 Å². The first-order chi connectivity index (χ1) is 39.9. The molecular weight excluding hydrogens is 1040 g/mol. The first-order valence-electron chi connectivity index (χ1n) is 26.5. The second-order valence-corrected chi connectivity index (χ2v) is 21.7. The number of nitrogens with zero attached hydrogens (tertiary/aromatic N) is 6. The third-order valence-electron chi connectivity index (χ3n) is 15.5. The van der Waals surface area contributed by atoms with Crippen LogP contribution >= 0.6 is 22.7 Å². The van der Waals surface area contributed by atoms with Crippen LogP contribution in [0.5, 0.6) is 23.0 Å². The van der Waals surface area contributed by atoms with Gasteiger partial charge in [0.05, 0.1) is 55.9 Å². The molecule has 0 unspecified atom stereocenters. The molecule has 0 bridgehead atoms. The van der Waals surface area contributed by atoms with Crippen molar-refractivity contribution in [2.24, 2.45) is 0 Å². The topological polar surface area (TPSA) is 98.3 Å². The van der Waals surface area contributed by atoms with E-state index in [1.54, 1.807) is 51.1 Å². The minimum absolute atomic E-state index is 0.789. The molecule has 10 nitrogen and oxygen atoms in total. The molecule has 0 aliphatic carbocycles. The summed E-state index contributed by atoms with van der Waals surface area (Å²) in [6.45, 7) is 0. The molecule has 0 saturated heterocycles. The Morgan fingerprint density at radius 1 is 0.296 bits per heavy atom. The molecule has 0 fully saturated rings. The lowest BCUT2D eigenvalue weighted by atomic mass is 9.65. The summed E-state index contributed by atoms with van der Waals surface area (Å²) in [4.78, 5) is 0. The van der Waals surface area contributed by atoms with Gasteiger partial charge in [0.25, 0.3) is 0 Å². The van der Waals surface area contributed by atoms with E-state index >= 15 is 0 Å². The molecule has 0 aliphatic heterocycles. The molecule has 0 saturated carbocycles. The molecule has 0 N–H and O–H groups in total. The van der Waals surface area contributed by atoms with Gasteiger partial charge in [-0.15, -0.1) is 20.4 Å². The Hall–Kier alpha value is -9.88. The zero-order valence-corrected chi connectivity index (χ0v) is 46.2. The van der Waals surface area contributed by atoms with E-state index in [-0.39, 0.29) is 0 Å². The highest BCUT2D eigenvalue weighted by molar-refractivity contribution is 7.18. The van der Waals surface area contributed by atoms with Crippen molar-refractivity contribution in [3.8, 4) is 76.7 Å². The fourth-order valence-corrected chi connectivity index (χ4v) is 13.3. The molecule has 14 rings (SSSR count). The van der Waals surface area contributed by atoms with Crippen molar-refractivity contribution in [3.63, 3.8) is 0 Å². The normalized spacial score (nSPS) is 11.7. The molecular formula is C69H50N6O4S2. The molecule has 0 aliphatic rings. The van der Waals surface area contributed by atoms with E-state index in [0.717, 1.165) is 143 Å². The second-order valence-electron chi connectivity index (χ2n) is 19.8. The number of fused-ring (bicyclic) bond motifs is 6. The highest BCUT2D eigenvalue weighted by Crippen LogP contribution is 2.48. The fourth-order valence-electron chi connectivity index (χ4n) is 11.5. The fraction of sp³-hybridized carbons (Fsp3) is 0.0725. The van der Waals surface area contributed by atoms with Crippen LogP contribution in [-0.2, 0) is 5.41 Å². The van der Waals surface area contributed by atoms with Gasteiger partial charge in [-0.3, -0.25) is 0 Å². The monoisotopic (exact) mass is 1090 g/mol. The Morgan fingerprint density at radius 3 is 0.827 bits per heavy atom.